The van der Waals surface area contributed by atoms with Crippen LogP contribution in [0.5, 0.6) is 0 Å². The molecule has 0 aliphatic heterocycles. The normalized spacial score (nSPS) is 12.8. The van der Waals surface area contributed by atoms with Gasteiger partial charge in [0, 0.05) is 6.42 Å². The Morgan fingerprint density at radius 1 is 1.53 bits per heavy atom. The minimum absolute atomic E-state index is 0.00582. The number of aliphatic hydroxyl groups is 1. The van der Waals surface area contributed by atoms with Gasteiger partial charge in [0.2, 0.25) is 0 Å². The number of rotatable bonds is 4. The lowest BCUT2D eigenvalue weighted by Gasteiger charge is -2.10. The summed E-state index contributed by atoms with van der Waals surface area (Å²) in [5, 5.41) is 8.80. The predicted molar refractivity (Wildman–Crippen MR) is 60.7 cm³/mol. The Morgan fingerprint density at radius 3 is 3.00 bits per heavy atom. The van der Waals surface area contributed by atoms with E-state index in [0.29, 0.717) is 16.7 Å². The summed E-state index contributed by atoms with van der Waals surface area (Å²) >= 11 is 0. The molecule has 17 heavy (non-hydrogen) atoms. The number of alkyl halides is 1. The van der Waals surface area contributed by atoms with E-state index in [0.717, 1.165) is 0 Å². The number of aliphatic hydroxyl groups excluding tert-OH is 1. The highest BCUT2D eigenvalue weighted by atomic mass is 19.1. The van der Waals surface area contributed by atoms with E-state index in [9.17, 15) is 4.39 Å². The number of halogens is 1. The molecule has 3 N–H and O–H groups in total. The van der Waals surface area contributed by atoms with E-state index in [-0.39, 0.29) is 18.8 Å². The summed E-state index contributed by atoms with van der Waals surface area (Å²) in [6, 6.07) is 0. The molecule has 90 valence electrons. The molecule has 2 aromatic heterocycles. The minimum Gasteiger partial charge on any atom is -0.392 e. The van der Waals surface area contributed by atoms with Gasteiger partial charge < -0.3 is 10.8 Å². The Kier molecular flexibility index (Phi) is 3.01. The van der Waals surface area contributed by atoms with Crippen molar-refractivity contribution in [2.75, 3.05) is 12.3 Å². The lowest BCUT2D eigenvalue weighted by molar-refractivity contribution is 0.231. The van der Waals surface area contributed by atoms with Crippen molar-refractivity contribution in [1.29, 1.82) is 0 Å². The highest BCUT2D eigenvalue weighted by Crippen LogP contribution is 2.23. The molecule has 2 rings (SSSR count). The van der Waals surface area contributed by atoms with Crippen LogP contribution in [0.1, 0.15) is 12.7 Å². The van der Waals surface area contributed by atoms with E-state index < -0.39 is 6.30 Å². The molecule has 0 aliphatic rings. The first-order valence-electron chi connectivity index (χ1n) is 4.98. The zero-order valence-corrected chi connectivity index (χ0v) is 9.04. The Bertz CT molecular complexity index is 553. The van der Waals surface area contributed by atoms with Crippen LogP contribution < -0.4 is 5.73 Å². The maximum Gasteiger partial charge on any atom is 0.182 e. The number of nitrogens with two attached hydrogens (primary N) is 1. The lowest BCUT2D eigenvalue weighted by atomic mass is 10.2. The minimum atomic E-state index is -1.38. The van der Waals surface area contributed by atoms with Crippen molar-refractivity contribution >= 4 is 17.0 Å². The second-order valence-electron chi connectivity index (χ2n) is 3.63. The van der Waals surface area contributed by atoms with Crippen LogP contribution >= 0.6 is 0 Å². The van der Waals surface area contributed by atoms with E-state index in [1.807, 2.05) is 0 Å². The smallest absolute Gasteiger partial charge is 0.182 e. The second kappa shape index (κ2) is 4.46. The summed E-state index contributed by atoms with van der Waals surface area (Å²) in [7, 11) is 0. The van der Waals surface area contributed by atoms with Crippen molar-refractivity contribution in [2.45, 2.75) is 12.7 Å². The molecule has 6 nitrogen and oxygen atoms in total. The van der Waals surface area contributed by atoms with E-state index in [2.05, 4.69) is 21.5 Å². The van der Waals surface area contributed by atoms with Gasteiger partial charge in [-0.2, -0.15) is 0 Å². The molecule has 2 heterocycles. The number of fused-ring (bicyclic) bond motifs is 1. The van der Waals surface area contributed by atoms with Gasteiger partial charge in [0.15, 0.2) is 17.8 Å². The third-order valence-electron chi connectivity index (χ3n) is 2.37. The van der Waals surface area contributed by atoms with Gasteiger partial charge in [-0.3, -0.25) is 4.57 Å². The van der Waals surface area contributed by atoms with Crippen LogP contribution in [0.3, 0.4) is 0 Å². The number of hydrogen-bond acceptors (Lipinski definition) is 5. The molecule has 1 unspecified atom stereocenters. The molecule has 0 radical (unpaired) electrons. The van der Waals surface area contributed by atoms with Gasteiger partial charge >= 0.3 is 0 Å². The molecule has 1 atom stereocenters. The van der Waals surface area contributed by atoms with Gasteiger partial charge in [-0.25, -0.2) is 19.3 Å². The van der Waals surface area contributed by atoms with E-state index in [4.69, 9.17) is 10.8 Å². The summed E-state index contributed by atoms with van der Waals surface area (Å²) in [5.74, 6) is 0.210. The topological polar surface area (TPSA) is 89.8 Å². The second-order valence-corrected chi connectivity index (χ2v) is 3.63. The zero-order chi connectivity index (χ0) is 12.4. The average molecular weight is 237 g/mol. The Morgan fingerprint density at radius 2 is 2.29 bits per heavy atom. The lowest BCUT2D eigenvalue weighted by Crippen LogP contribution is -2.06. The van der Waals surface area contributed by atoms with Gasteiger partial charge in [-0.15, -0.1) is 0 Å². The fraction of sp³-hybridized carbons (Fsp3) is 0.300. The molecule has 0 saturated heterocycles. The fourth-order valence-corrected chi connectivity index (χ4v) is 1.48. The van der Waals surface area contributed by atoms with Crippen molar-refractivity contribution in [3.8, 4) is 0 Å². The Balaban J connectivity index is 2.36. The number of aromatic nitrogens is 4. The molecule has 0 bridgehead atoms. The number of nitrogen functional groups attached to an aromatic ring is 1. The van der Waals surface area contributed by atoms with Gasteiger partial charge in [0.1, 0.15) is 11.8 Å². The number of imidazole rings is 1. The number of anilines is 1. The van der Waals surface area contributed by atoms with Crippen molar-refractivity contribution in [3.05, 3.63) is 24.8 Å². The first-order chi connectivity index (χ1) is 8.13. The fourth-order valence-electron chi connectivity index (χ4n) is 1.48. The van der Waals surface area contributed by atoms with Gasteiger partial charge in [0.25, 0.3) is 0 Å². The van der Waals surface area contributed by atoms with Gasteiger partial charge in [-0.1, -0.05) is 6.58 Å². The maximum atomic E-state index is 13.9. The van der Waals surface area contributed by atoms with Crippen LogP contribution in [0.2, 0.25) is 0 Å². The van der Waals surface area contributed by atoms with Gasteiger partial charge in [0.05, 0.1) is 12.9 Å². The van der Waals surface area contributed by atoms with E-state index in [1.165, 1.54) is 17.2 Å². The summed E-state index contributed by atoms with van der Waals surface area (Å²) in [6.07, 6.45) is 1.19. The predicted octanol–water partition coefficient (Wildman–Crippen LogP) is 0.815. The molecular weight excluding hydrogens is 225 g/mol. The standard InChI is InChI=1S/C10H12FN5O/c1-6(3-17)2-7(11)16-5-15-8-9(12)13-4-14-10(8)16/h4-5,7,17H,1-3H2,(H2,12,13,14). The molecule has 0 amide bonds. The SMILES string of the molecule is C=C(CO)CC(F)n1cnc2c(N)ncnc21. The van der Waals surface area contributed by atoms with E-state index >= 15 is 0 Å². The Hall–Kier alpha value is -2.02. The summed E-state index contributed by atoms with van der Waals surface area (Å²) < 4.78 is 15.2. The Labute approximate surface area is 96.6 Å². The van der Waals surface area contributed by atoms with Gasteiger partial charge in [-0.05, 0) is 5.57 Å². The monoisotopic (exact) mass is 237 g/mol. The largest absolute Gasteiger partial charge is 0.392 e. The number of nitrogens with zero attached hydrogens (tertiary/aromatic N) is 4. The highest BCUT2D eigenvalue weighted by molar-refractivity contribution is 5.81. The van der Waals surface area contributed by atoms with Crippen molar-refractivity contribution in [3.63, 3.8) is 0 Å². The van der Waals surface area contributed by atoms with Crippen molar-refractivity contribution in [2.24, 2.45) is 0 Å². The molecule has 0 spiro atoms. The quantitative estimate of drug-likeness (QED) is 0.768. The number of hydrogen-bond donors (Lipinski definition) is 2. The molecule has 2 aromatic rings. The maximum absolute atomic E-state index is 13.9. The van der Waals surface area contributed by atoms with Crippen LogP contribution in [-0.4, -0.2) is 31.2 Å². The zero-order valence-electron chi connectivity index (χ0n) is 9.04. The first-order valence-corrected chi connectivity index (χ1v) is 4.98. The molecular formula is C10H12FN5O. The van der Waals surface area contributed by atoms with Crippen LogP contribution in [0.15, 0.2) is 24.8 Å². The molecule has 0 fully saturated rings. The van der Waals surface area contributed by atoms with E-state index in [1.54, 1.807) is 0 Å². The van der Waals surface area contributed by atoms with Crippen LogP contribution in [0.25, 0.3) is 11.2 Å². The third-order valence-corrected chi connectivity index (χ3v) is 2.37. The molecule has 7 heteroatoms. The summed E-state index contributed by atoms with van der Waals surface area (Å²) in [6.45, 7) is 3.29. The van der Waals surface area contributed by atoms with Crippen LogP contribution in [-0.2, 0) is 0 Å². The average Bonchev–Trinajstić information content (AvgIpc) is 2.74. The summed E-state index contributed by atoms with van der Waals surface area (Å²) in [5.41, 5.74) is 6.69. The first kappa shape index (κ1) is 11.5. The van der Waals surface area contributed by atoms with Crippen LogP contribution in [0.4, 0.5) is 10.2 Å². The highest BCUT2D eigenvalue weighted by Gasteiger charge is 2.16. The van der Waals surface area contributed by atoms with Crippen molar-refractivity contribution < 1.29 is 9.50 Å². The summed E-state index contributed by atoms with van der Waals surface area (Å²) in [4.78, 5) is 11.7. The van der Waals surface area contributed by atoms with Crippen molar-refractivity contribution in [1.82, 2.24) is 19.5 Å². The van der Waals surface area contributed by atoms with Crippen LogP contribution in [0, 0.1) is 0 Å². The molecule has 0 aliphatic carbocycles. The molecule has 0 aromatic carbocycles. The molecule has 0 saturated carbocycles. The third kappa shape index (κ3) is 2.09.